The van der Waals surface area contributed by atoms with Gasteiger partial charge in [-0.25, -0.2) is 0 Å². The summed E-state index contributed by atoms with van der Waals surface area (Å²) in [7, 11) is 0. The summed E-state index contributed by atoms with van der Waals surface area (Å²) in [4.78, 5) is 20.0. The molecule has 2 aliphatic rings. The molecular formula is C23H28ClN3O. The molecule has 2 aromatic carbocycles. The van der Waals surface area contributed by atoms with E-state index in [1.807, 2.05) is 35.2 Å². The number of nitrogens with zero attached hydrogens (tertiary/aromatic N) is 3. The average Bonchev–Trinajstić information content (AvgIpc) is 2.74. The summed E-state index contributed by atoms with van der Waals surface area (Å²) in [5.41, 5.74) is 3.32. The number of hydrogen-bond donors (Lipinski definition) is 0. The summed E-state index contributed by atoms with van der Waals surface area (Å²) in [5, 5.41) is 0.759. The average molecular weight is 398 g/mol. The van der Waals surface area contributed by atoms with Crippen LogP contribution in [0.2, 0.25) is 5.02 Å². The smallest absolute Gasteiger partial charge is 0.244 e. The molecule has 0 bridgehead atoms. The highest BCUT2D eigenvalue weighted by atomic mass is 35.5. The Morgan fingerprint density at radius 2 is 1.71 bits per heavy atom. The van der Waals surface area contributed by atoms with E-state index in [0.29, 0.717) is 6.54 Å². The van der Waals surface area contributed by atoms with Crippen LogP contribution in [0, 0.1) is 0 Å². The fourth-order valence-corrected chi connectivity index (χ4v) is 4.57. The topological polar surface area (TPSA) is 26.8 Å². The maximum absolute atomic E-state index is 13.3. The number of rotatable bonds is 4. The van der Waals surface area contributed by atoms with Crippen molar-refractivity contribution in [3.8, 4) is 0 Å². The number of hydrogen-bond acceptors (Lipinski definition) is 3. The van der Waals surface area contributed by atoms with Crippen molar-refractivity contribution in [2.24, 2.45) is 0 Å². The van der Waals surface area contributed by atoms with Crippen molar-refractivity contribution in [3.63, 3.8) is 0 Å². The van der Waals surface area contributed by atoms with Crippen LogP contribution < -0.4 is 9.80 Å². The number of anilines is 2. The molecule has 0 N–H and O–H groups in total. The third-order valence-corrected chi connectivity index (χ3v) is 6.17. The number of carbonyl (C=O) groups is 1. The standard InChI is InChI=1S/C23H28ClN3O/c1-18(25-12-5-2-6-13-25)23(28)27-15-14-26(21-10-3-4-11-22(21)27)17-19-8-7-9-20(24)16-19/h3-4,7-11,16,18H,2,5-6,12-15,17H2,1H3. The third-order valence-electron chi connectivity index (χ3n) is 5.93. The van der Waals surface area contributed by atoms with Crippen LogP contribution in [0.3, 0.4) is 0 Å². The highest BCUT2D eigenvalue weighted by Gasteiger charge is 2.32. The molecule has 28 heavy (non-hydrogen) atoms. The monoisotopic (exact) mass is 397 g/mol. The maximum atomic E-state index is 13.3. The molecular weight excluding hydrogens is 370 g/mol. The van der Waals surface area contributed by atoms with Gasteiger partial charge in [0.25, 0.3) is 0 Å². The number of piperidine rings is 1. The Morgan fingerprint density at radius 1 is 0.964 bits per heavy atom. The van der Waals surface area contributed by atoms with Gasteiger partial charge in [0, 0.05) is 24.7 Å². The lowest BCUT2D eigenvalue weighted by Gasteiger charge is -2.40. The highest BCUT2D eigenvalue weighted by molar-refractivity contribution is 6.30. The molecule has 4 rings (SSSR count). The number of carbonyl (C=O) groups excluding carboxylic acids is 1. The van der Waals surface area contributed by atoms with Crippen molar-refractivity contribution in [2.75, 3.05) is 36.0 Å². The van der Waals surface area contributed by atoms with Gasteiger partial charge < -0.3 is 9.80 Å². The van der Waals surface area contributed by atoms with Crippen LogP contribution in [0.25, 0.3) is 0 Å². The molecule has 0 saturated carbocycles. The van der Waals surface area contributed by atoms with Crippen LogP contribution in [0.1, 0.15) is 31.7 Å². The quantitative estimate of drug-likeness (QED) is 0.756. The molecule has 1 fully saturated rings. The normalized spacial score (nSPS) is 18.6. The van der Waals surface area contributed by atoms with Crippen LogP contribution in [0.4, 0.5) is 11.4 Å². The van der Waals surface area contributed by atoms with E-state index in [4.69, 9.17) is 11.6 Å². The van der Waals surface area contributed by atoms with Gasteiger partial charge in [-0.1, -0.05) is 42.3 Å². The Balaban J connectivity index is 1.54. The van der Waals surface area contributed by atoms with E-state index in [2.05, 4.69) is 34.9 Å². The first-order valence-corrected chi connectivity index (χ1v) is 10.6. The predicted molar refractivity (Wildman–Crippen MR) is 116 cm³/mol. The van der Waals surface area contributed by atoms with E-state index in [-0.39, 0.29) is 11.9 Å². The Labute approximate surface area is 172 Å². The maximum Gasteiger partial charge on any atom is 0.244 e. The van der Waals surface area contributed by atoms with Crippen molar-refractivity contribution < 1.29 is 4.79 Å². The fourth-order valence-electron chi connectivity index (χ4n) is 4.36. The van der Waals surface area contributed by atoms with Crippen molar-refractivity contribution in [2.45, 2.75) is 38.8 Å². The van der Waals surface area contributed by atoms with Crippen molar-refractivity contribution in [1.82, 2.24) is 4.90 Å². The third kappa shape index (κ3) is 4.03. The molecule has 1 saturated heterocycles. The van der Waals surface area contributed by atoms with Crippen LogP contribution >= 0.6 is 11.6 Å². The molecule has 1 atom stereocenters. The SMILES string of the molecule is CC(C(=O)N1CCN(Cc2cccc(Cl)c2)c2ccccc21)N1CCCCC1. The molecule has 148 valence electrons. The van der Waals surface area contributed by atoms with Gasteiger partial charge in [0.15, 0.2) is 0 Å². The minimum Gasteiger partial charge on any atom is -0.364 e. The van der Waals surface area contributed by atoms with Gasteiger partial charge in [-0.2, -0.15) is 0 Å². The Morgan fingerprint density at radius 3 is 2.46 bits per heavy atom. The van der Waals surface area contributed by atoms with Crippen LogP contribution in [-0.2, 0) is 11.3 Å². The summed E-state index contributed by atoms with van der Waals surface area (Å²) in [6.07, 6.45) is 3.67. The number of benzene rings is 2. The van der Waals surface area contributed by atoms with Crippen molar-refractivity contribution >= 4 is 28.9 Å². The molecule has 1 amide bonds. The molecule has 0 aliphatic carbocycles. The fraction of sp³-hybridized carbons (Fsp3) is 0.435. The minimum atomic E-state index is -0.0622. The minimum absolute atomic E-state index is 0.0622. The molecule has 0 spiro atoms. The second-order valence-corrected chi connectivity index (χ2v) is 8.24. The first-order valence-electron chi connectivity index (χ1n) is 10.3. The van der Waals surface area contributed by atoms with Gasteiger partial charge in [-0.3, -0.25) is 9.69 Å². The summed E-state index contributed by atoms with van der Waals surface area (Å²) in [6.45, 7) is 6.46. The Kier molecular flexibility index (Phi) is 5.88. The first kappa shape index (κ1) is 19.3. The lowest BCUT2D eigenvalue weighted by molar-refractivity contribution is -0.123. The second kappa shape index (κ2) is 8.54. The van der Waals surface area contributed by atoms with E-state index in [9.17, 15) is 4.79 Å². The molecule has 0 radical (unpaired) electrons. The number of fused-ring (bicyclic) bond motifs is 1. The molecule has 5 heteroatoms. The molecule has 2 heterocycles. The van der Waals surface area contributed by atoms with Gasteiger partial charge in [-0.05, 0) is 62.7 Å². The lowest BCUT2D eigenvalue weighted by Crippen LogP contribution is -2.52. The largest absolute Gasteiger partial charge is 0.364 e. The predicted octanol–water partition coefficient (Wildman–Crippen LogP) is 4.57. The molecule has 2 aromatic rings. The van der Waals surface area contributed by atoms with Gasteiger partial charge in [0.1, 0.15) is 0 Å². The van der Waals surface area contributed by atoms with Gasteiger partial charge in [-0.15, -0.1) is 0 Å². The summed E-state index contributed by atoms with van der Waals surface area (Å²) < 4.78 is 0. The summed E-state index contributed by atoms with van der Waals surface area (Å²) in [6, 6.07) is 16.2. The zero-order chi connectivity index (χ0) is 19.5. The van der Waals surface area contributed by atoms with Crippen LogP contribution in [-0.4, -0.2) is 43.0 Å². The molecule has 1 unspecified atom stereocenters. The Bertz CT molecular complexity index is 834. The number of para-hydroxylation sites is 2. The van der Waals surface area contributed by atoms with E-state index in [1.54, 1.807) is 0 Å². The number of likely N-dealkylation sites (tertiary alicyclic amines) is 1. The number of halogens is 1. The van der Waals surface area contributed by atoms with Crippen LogP contribution in [0.5, 0.6) is 0 Å². The van der Waals surface area contributed by atoms with E-state index in [0.717, 1.165) is 42.6 Å². The summed E-state index contributed by atoms with van der Waals surface area (Å²) >= 11 is 6.16. The molecule has 4 nitrogen and oxygen atoms in total. The van der Waals surface area contributed by atoms with Crippen molar-refractivity contribution in [1.29, 1.82) is 0 Å². The molecule has 2 aliphatic heterocycles. The van der Waals surface area contributed by atoms with Crippen LogP contribution in [0.15, 0.2) is 48.5 Å². The zero-order valence-electron chi connectivity index (χ0n) is 16.5. The van der Waals surface area contributed by atoms with Crippen molar-refractivity contribution in [3.05, 3.63) is 59.1 Å². The van der Waals surface area contributed by atoms with Gasteiger partial charge >= 0.3 is 0 Å². The number of amides is 1. The van der Waals surface area contributed by atoms with E-state index >= 15 is 0 Å². The van der Waals surface area contributed by atoms with Gasteiger partial charge in [0.05, 0.1) is 17.4 Å². The van der Waals surface area contributed by atoms with E-state index in [1.165, 1.54) is 24.8 Å². The first-order chi connectivity index (χ1) is 13.6. The van der Waals surface area contributed by atoms with E-state index < -0.39 is 0 Å². The zero-order valence-corrected chi connectivity index (χ0v) is 17.2. The highest BCUT2D eigenvalue weighted by Crippen LogP contribution is 2.34. The Hall–Kier alpha value is -2.04. The second-order valence-electron chi connectivity index (χ2n) is 7.80. The summed E-state index contributed by atoms with van der Waals surface area (Å²) in [5.74, 6) is 0.219. The lowest BCUT2D eigenvalue weighted by atomic mass is 10.1. The molecule has 0 aromatic heterocycles. The van der Waals surface area contributed by atoms with Gasteiger partial charge in [0.2, 0.25) is 5.91 Å².